The number of methoxy groups -OCH3 is 1. The van der Waals surface area contributed by atoms with Crippen LogP contribution >= 0.6 is 11.8 Å². The Morgan fingerprint density at radius 2 is 1.84 bits per heavy atom. The van der Waals surface area contributed by atoms with Crippen molar-refractivity contribution in [1.82, 2.24) is 19.2 Å². The van der Waals surface area contributed by atoms with Gasteiger partial charge in [0.2, 0.25) is 5.65 Å². The smallest absolute Gasteiger partial charge is 0.300 e. The van der Waals surface area contributed by atoms with Gasteiger partial charge in [0.15, 0.2) is 10.9 Å². The van der Waals surface area contributed by atoms with Crippen LogP contribution in [0.15, 0.2) is 70.9 Å². The fourth-order valence-electron chi connectivity index (χ4n) is 3.10. The Bertz CT molecular complexity index is 1280. The second-order valence-electron chi connectivity index (χ2n) is 6.49. The van der Waals surface area contributed by atoms with Crippen molar-refractivity contribution < 1.29 is 14.3 Å². The Hall–Kier alpha value is -3.59. The number of hydrogen-bond acceptors (Lipinski definition) is 7. The maximum atomic E-state index is 13.0. The molecular formula is C22H20N4O4S. The molecule has 0 saturated heterocycles. The van der Waals surface area contributed by atoms with Gasteiger partial charge in [-0.15, -0.1) is 10.2 Å². The van der Waals surface area contributed by atoms with Gasteiger partial charge in [-0.3, -0.25) is 18.6 Å². The Kier molecular flexibility index (Phi) is 6.03. The lowest BCUT2D eigenvalue weighted by Gasteiger charge is -2.10. The third-order valence-corrected chi connectivity index (χ3v) is 5.55. The number of nitrogens with zero attached hydrogens (tertiary/aromatic N) is 4. The zero-order valence-corrected chi connectivity index (χ0v) is 17.8. The summed E-state index contributed by atoms with van der Waals surface area (Å²) < 4.78 is 13.8. The third kappa shape index (κ3) is 4.17. The molecule has 31 heavy (non-hydrogen) atoms. The molecule has 2 aromatic carbocycles. The van der Waals surface area contributed by atoms with E-state index in [0.29, 0.717) is 28.8 Å². The summed E-state index contributed by atoms with van der Waals surface area (Å²) in [5.41, 5.74) is 1.04. The van der Waals surface area contributed by atoms with E-state index in [0.717, 1.165) is 5.75 Å². The third-order valence-electron chi connectivity index (χ3n) is 4.60. The van der Waals surface area contributed by atoms with Crippen molar-refractivity contribution in [3.8, 4) is 17.2 Å². The molecule has 0 aliphatic rings. The van der Waals surface area contributed by atoms with E-state index < -0.39 is 0 Å². The maximum absolute atomic E-state index is 13.0. The van der Waals surface area contributed by atoms with E-state index in [1.807, 2.05) is 19.1 Å². The van der Waals surface area contributed by atoms with Gasteiger partial charge in [-0.1, -0.05) is 23.9 Å². The molecule has 0 aliphatic heterocycles. The SMILES string of the molecule is CCOc1ccc(C(=O)CSc2nnc3c(=O)n(-c4ccccc4OC)ccn23)cc1. The number of ether oxygens (including phenoxy) is 2. The fourth-order valence-corrected chi connectivity index (χ4v) is 3.91. The molecule has 0 unspecified atom stereocenters. The van der Waals surface area contributed by atoms with E-state index in [2.05, 4.69) is 10.2 Å². The van der Waals surface area contributed by atoms with E-state index in [4.69, 9.17) is 9.47 Å². The highest BCUT2D eigenvalue weighted by atomic mass is 32.2. The standard InChI is InChI=1S/C22H20N4O4S/c1-3-30-16-10-8-15(9-11-16)18(27)14-31-22-24-23-20-21(28)25(12-13-26(20)22)17-6-4-5-7-19(17)29-2/h4-13H,3,14H2,1-2H3. The number of thioether (sulfide) groups is 1. The van der Waals surface area contributed by atoms with E-state index in [1.54, 1.807) is 60.3 Å². The van der Waals surface area contributed by atoms with Crippen molar-refractivity contribution in [2.45, 2.75) is 12.1 Å². The highest BCUT2D eigenvalue weighted by molar-refractivity contribution is 7.99. The summed E-state index contributed by atoms with van der Waals surface area (Å²) in [5.74, 6) is 1.42. The number of carbonyl (C=O) groups is 1. The van der Waals surface area contributed by atoms with Crippen LogP contribution in [0.1, 0.15) is 17.3 Å². The minimum atomic E-state index is -0.329. The van der Waals surface area contributed by atoms with E-state index >= 15 is 0 Å². The van der Waals surface area contributed by atoms with Gasteiger partial charge in [-0.05, 0) is 43.3 Å². The van der Waals surface area contributed by atoms with Gasteiger partial charge in [-0.25, -0.2) is 0 Å². The number of benzene rings is 2. The van der Waals surface area contributed by atoms with Crippen LogP contribution in [0.4, 0.5) is 0 Å². The summed E-state index contributed by atoms with van der Waals surface area (Å²) in [6.45, 7) is 2.48. The highest BCUT2D eigenvalue weighted by Gasteiger charge is 2.15. The molecule has 0 radical (unpaired) electrons. The summed E-state index contributed by atoms with van der Waals surface area (Å²) >= 11 is 1.23. The minimum absolute atomic E-state index is 0.0489. The predicted molar refractivity (Wildman–Crippen MR) is 118 cm³/mol. The van der Waals surface area contributed by atoms with Gasteiger partial charge in [0, 0.05) is 18.0 Å². The largest absolute Gasteiger partial charge is 0.495 e. The van der Waals surface area contributed by atoms with Crippen molar-refractivity contribution in [2.75, 3.05) is 19.5 Å². The van der Waals surface area contributed by atoms with Crippen molar-refractivity contribution in [2.24, 2.45) is 0 Å². The fraction of sp³-hybridized carbons (Fsp3) is 0.182. The molecule has 2 aromatic heterocycles. The predicted octanol–water partition coefficient (Wildman–Crippen LogP) is 3.26. The normalized spacial score (nSPS) is 10.9. The van der Waals surface area contributed by atoms with Gasteiger partial charge < -0.3 is 9.47 Å². The van der Waals surface area contributed by atoms with Gasteiger partial charge in [0.05, 0.1) is 25.2 Å². The second-order valence-corrected chi connectivity index (χ2v) is 7.43. The number of ketones is 1. The monoisotopic (exact) mass is 436 g/mol. The number of hydrogen-bond donors (Lipinski definition) is 0. The van der Waals surface area contributed by atoms with Crippen molar-refractivity contribution >= 4 is 23.2 Å². The molecule has 0 aliphatic carbocycles. The van der Waals surface area contributed by atoms with Crippen LogP contribution in [-0.4, -0.2) is 44.4 Å². The zero-order valence-electron chi connectivity index (χ0n) is 17.0. The molecule has 0 N–H and O–H groups in total. The first-order chi connectivity index (χ1) is 15.1. The number of carbonyl (C=O) groups excluding carboxylic acids is 1. The lowest BCUT2D eigenvalue weighted by atomic mass is 10.1. The second kappa shape index (κ2) is 9.05. The highest BCUT2D eigenvalue weighted by Crippen LogP contribution is 2.22. The first-order valence-corrected chi connectivity index (χ1v) is 10.6. The summed E-state index contributed by atoms with van der Waals surface area (Å²) in [6.07, 6.45) is 3.34. The zero-order chi connectivity index (χ0) is 21.8. The van der Waals surface area contributed by atoms with Crippen LogP contribution in [-0.2, 0) is 0 Å². The Labute approximate surface area is 182 Å². The van der Waals surface area contributed by atoms with Crippen molar-refractivity contribution in [1.29, 1.82) is 0 Å². The average molecular weight is 436 g/mol. The first kappa shape index (κ1) is 20.7. The molecule has 0 spiro atoms. The van der Waals surface area contributed by atoms with Gasteiger partial charge >= 0.3 is 5.56 Å². The topological polar surface area (TPSA) is 87.7 Å². The number of Topliss-reactive ketones (excluding diaryl/α,β-unsaturated/α-hetero) is 1. The summed E-state index contributed by atoms with van der Waals surface area (Å²) in [6, 6.07) is 14.2. The molecule has 4 rings (SSSR count). The molecule has 0 saturated carbocycles. The lowest BCUT2D eigenvalue weighted by Crippen LogP contribution is -2.20. The summed E-state index contributed by atoms with van der Waals surface area (Å²) in [7, 11) is 1.55. The van der Waals surface area contributed by atoms with Crippen LogP contribution in [0.5, 0.6) is 11.5 Å². The molecule has 0 bridgehead atoms. The number of rotatable bonds is 8. The average Bonchev–Trinajstić information content (AvgIpc) is 3.22. The Morgan fingerprint density at radius 1 is 1.06 bits per heavy atom. The molecule has 0 atom stereocenters. The molecule has 8 nitrogen and oxygen atoms in total. The molecule has 158 valence electrons. The molecule has 4 aromatic rings. The van der Waals surface area contributed by atoms with Crippen LogP contribution in [0.3, 0.4) is 0 Å². The van der Waals surface area contributed by atoms with Crippen LogP contribution in [0.2, 0.25) is 0 Å². The Balaban J connectivity index is 1.55. The molecule has 0 fully saturated rings. The van der Waals surface area contributed by atoms with Gasteiger partial charge in [-0.2, -0.15) is 0 Å². The lowest BCUT2D eigenvalue weighted by molar-refractivity contribution is 0.102. The molecule has 2 heterocycles. The van der Waals surface area contributed by atoms with E-state index in [9.17, 15) is 9.59 Å². The van der Waals surface area contributed by atoms with E-state index in [-0.39, 0.29) is 22.7 Å². The van der Waals surface area contributed by atoms with E-state index in [1.165, 1.54) is 16.3 Å². The van der Waals surface area contributed by atoms with Crippen LogP contribution < -0.4 is 15.0 Å². The van der Waals surface area contributed by atoms with Crippen molar-refractivity contribution in [3.63, 3.8) is 0 Å². The van der Waals surface area contributed by atoms with Crippen LogP contribution in [0, 0.1) is 0 Å². The quantitative estimate of drug-likeness (QED) is 0.309. The minimum Gasteiger partial charge on any atom is -0.495 e. The Morgan fingerprint density at radius 3 is 2.58 bits per heavy atom. The van der Waals surface area contributed by atoms with Gasteiger partial charge in [0.25, 0.3) is 0 Å². The number of para-hydroxylation sites is 2. The molecule has 0 amide bonds. The van der Waals surface area contributed by atoms with Gasteiger partial charge in [0.1, 0.15) is 11.5 Å². The summed E-state index contributed by atoms with van der Waals surface area (Å²) in [5, 5.41) is 8.60. The van der Waals surface area contributed by atoms with Crippen LogP contribution in [0.25, 0.3) is 11.3 Å². The first-order valence-electron chi connectivity index (χ1n) is 9.61. The number of fused-ring (bicyclic) bond motifs is 1. The summed E-state index contributed by atoms with van der Waals surface area (Å²) in [4.78, 5) is 25.5. The molecule has 9 heteroatoms. The maximum Gasteiger partial charge on any atom is 0.300 e. The number of aromatic nitrogens is 4. The van der Waals surface area contributed by atoms with Crippen molar-refractivity contribution in [3.05, 3.63) is 76.8 Å². The molecular weight excluding hydrogens is 416 g/mol.